The first-order valence-corrected chi connectivity index (χ1v) is 6.84. The molecule has 7 heteroatoms. The van der Waals surface area contributed by atoms with Gasteiger partial charge in [-0.15, -0.1) is 0 Å². The second-order valence-corrected chi connectivity index (χ2v) is 5.66. The fourth-order valence-electron chi connectivity index (χ4n) is 1.33. The first kappa shape index (κ1) is 14.6. The predicted octanol–water partition coefficient (Wildman–Crippen LogP) is -0.488. The molecule has 0 fully saturated rings. The van der Waals surface area contributed by atoms with Crippen LogP contribution in [-0.4, -0.2) is 39.9 Å². The van der Waals surface area contributed by atoms with Gasteiger partial charge in [-0.05, 0) is 11.6 Å². The third kappa shape index (κ3) is 3.52. The van der Waals surface area contributed by atoms with Crippen LogP contribution in [0, 0.1) is 0 Å². The lowest BCUT2D eigenvalue weighted by Crippen LogP contribution is -2.36. The Hall–Kier alpha value is -1.44. The SMILES string of the molecule is CN(C)C(=O)CNS(=O)(=O)c1ccccc1CN. The highest BCUT2D eigenvalue weighted by Crippen LogP contribution is 2.14. The van der Waals surface area contributed by atoms with Gasteiger partial charge in [0, 0.05) is 20.6 Å². The monoisotopic (exact) mass is 271 g/mol. The molecule has 0 bridgehead atoms. The summed E-state index contributed by atoms with van der Waals surface area (Å²) in [4.78, 5) is 12.8. The summed E-state index contributed by atoms with van der Waals surface area (Å²) >= 11 is 0. The molecule has 18 heavy (non-hydrogen) atoms. The summed E-state index contributed by atoms with van der Waals surface area (Å²) in [6.45, 7) is -0.146. The summed E-state index contributed by atoms with van der Waals surface area (Å²) < 4.78 is 26.3. The van der Waals surface area contributed by atoms with Crippen LogP contribution in [0.4, 0.5) is 0 Å². The Morgan fingerprint density at radius 1 is 1.33 bits per heavy atom. The van der Waals surface area contributed by atoms with E-state index < -0.39 is 10.0 Å². The molecule has 1 amide bonds. The van der Waals surface area contributed by atoms with E-state index in [9.17, 15) is 13.2 Å². The third-order valence-corrected chi connectivity index (χ3v) is 3.90. The molecule has 0 spiro atoms. The molecule has 0 radical (unpaired) electrons. The van der Waals surface area contributed by atoms with Gasteiger partial charge in [-0.2, -0.15) is 0 Å². The van der Waals surface area contributed by atoms with E-state index in [1.807, 2.05) is 0 Å². The lowest BCUT2D eigenvalue weighted by molar-refractivity contribution is -0.127. The lowest BCUT2D eigenvalue weighted by Gasteiger charge is -2.12. The van der Waals surface area contributed by atoms with Gasteiger partial charge in [0.15, 0.2) is 0 Å². The molecule has 1 rings (SSSR count). The van der Waals surface area contributed by atoms with Gasteiger partial charge in [-0.1, -0.05) is 18.2 Å². The molecule has 3 N–H and O–H groups in total. The van der Waals surface area contributed by atoms with E-state index in [4.69, 9.17) is 5.73 Å². The van der Waals surface area contributed by atoms with E-state index in [2.05, 4.69) is 4.72 Å². The van der Waals surface area contributed by atoms with Crippen LogP contribution in [0.3, 0.4) is 0 Å². The summed E-state index contributed by atoms with van der Waals surface area (Å²) in [7, 11) is -0.589. The van der Waals surface area contributed by atoms with Crippen LogP contribution in [0.15, 0.2) is 29.2 Å². The fraction of sp³-hybridized carbons (Fsp3) is 0.364. The van der Waals surface area contributed by atoms with Gasteiger partial charge in [0.1, 0.15) is 0 Å². The number of benzene rings is 1. The van der Waals surface area contributed by atoms with Crippen LogP contribution < -0.4 is 10.5 Å². The molecule has 0 atom stereocenters. The summed E-state index contributed by atoms with van der Waals surface area (Å²) in [5.41, 5.74) is 6.00. The van der Waals surface area contributed by atoms with Crippen molar-refractivity contribution >= 4 is 15.9 Å². The molecular weight excluding hydrogens is 254 g/mol. The van der Waals surface area contributed by atoms with Gasteiger partial charge in [0.2, 0.25) is 15.9 Å². The number of carbonyl (C=O) groups excluding carboxylic acids is 1. The van der Waals surface area contributed by atoms with Gasteiger partial charge >= 0.3 is 0 Å². The van der Waals surface area contributed by atoms with Crippen molar-refractivity contribution in [2.45, 2.75) is 11.4 Å². The molecule has 1 aromatic carbocycles. The van der Waals surface area contributed by atoms with Gasteiger partial charge in [0.25, 0.3) is 0 Å². The number of nitrogens with one attached hydrogen (secondary N) is 1. The van der Waals surface area contributed by atoms with Gasteiger partial charge in [0.05, 0.1) is 11.4 Å². The Bertz CT molecular complexity index is 526. The maximum absolute atomic E-state index is 12.0. The number of amides is 1. The Labute approximate surface area is 107 Å². The Morgan fingerprint density at radius 2 is 1.94 bits per heavy atom. The minimum Gasteiger partial charge on any atom is -0.348 e. The average molecular weight is 271 g/mol. The highest BCUT2D eigenvalue weighted by atomic mass is 32.2. The summed E-state index contributed by atoms with van der Waals surface area (Å²) in [6, 6.07) is 6.43. The van der Waals surface area contributed by atoms with Crippen molar-refractivity contribution in [3.05, 3.63) is 29.8 Å². The molecule has 0 aliphatic heterocycles. The third-order valence-electron chi connectivity index (χ3n) is 2.39. The molecule has 100 valence electrons. The van der Waals surface area contributed by atoms with Crippen LogP contribution in [0.1, 0.15) is 5.56 Å². The van der Waals surface area contributed by atoms with E-state index in [0.717, 1.165) is 0 Å². The van der Waals surface area contributed by atoms with E-state index in [-0.39, 0.29) is 23.9 Å². The topological polar surface area (TPSA) is 92.5 Å². The van der Waals surface area contributed by atoms with Crippen molar-refractivity contribution in [1.82, 2.24) is 9.62 Å². The number of likely N-dealkylation sites (N-methyl/N-ethyl adjacent to an activating group) is 1. The van der Waals surface area contributed by atoms with Crippen LogP contribution in [0.2, 0.25) is 0 Å². The van der Waals surface area contributed by atoms with Gasteiger partial charge in [-0.3, -0.25) is 4.79 Å². The molecule has 0 heterocycles. The molecule has 0 saturated heterocycles. The van der Waals surface area contributed by atoms with Gasteiger partial charge < -0.3 is 10.6 Å². The van der Waals surface area contributed by atoms with Gasteiger partial charge in [-0.25, -0.2) is 13.1 Å². The normalized spacial score (nSPS) is 11.3. The highest BCUT2D eigenvalue weighted by Gasteiger charge is 2.18. The van der Waals surface area contributed by atoms with E-state index in [0.29, 0.717) is 5.56 Å². The Morgan fingerprint density at radius 3 is 2.50 bits per heavy atom. The standard InChI is InChI=1S/C11H17N3O3S/c1-14(2)11(15)8-13-18(16,17)10-6-4-3-5-9(10)7-12/h3-6,13H,7-8,12H2,1-2H3. The molecule has 6 nitrogen and oxygen atoms in total. The molecule has 0 aliphatic rings. The number of rotatable bonds is 5. The van der Waals surface area contributed by atoms with Crippen LogP contribution >= 0.6 is 0 Å². The molecule has 0 saturated carbocycles. The number of hydrogen-bond acceptors (Lipinski definition) is 4. The summed E-state index contributed by atoms with van der Waals surface area (Å²) in [5.74, 6) is -0.316. The van der Waals surface area contributed by atoms with Crippen molar-refractivity contribution in [2.24, 2.45) is 5.73 Å². The number of sulfonamides is 1. The molecule has 0 aliphatic carbocycles. The molecular formula is C11H17N3O3S. The number of carbonyl (C=O) groups is 1. The van der Waals surface area contributed by atoms with Crippen LogP contribution in [0.25, 0.3) is 0 Å². The average Bonchev–Trinajstić information content (AvgIpc) is 2.35. The first-order chi connectivity index (χ1) is 8.38. The number of hydrogen-bond donors (Lipinski definition) is 2. The fourth-order valence-corrected chi connectivity index (χ4v) is 2.55. The first-order valence-electron chi connectivity index (χ1n) is 5.36. The summed E-state index contributed by atoms with van der Waals surface area (Å²) in [6.07, 6.45) is 0. The maximum Gasteiger partial charge on any atom is 0.241 e. The zero-order valence-electron chi connectivity index (χ0n) is 10.4. The Balaban J connectivity index is 2.90. The second-order valence-electron chi connectivity index (χ2n) is 3.92. The largest absolute Gasteiger partial charge is 0.348 e. The molecule has 0 unspecified atom stereocenters. The molecule has 0 aromatic heterocycles. The number of nitrogens with zero attached hydrogens (tertiary/aromatic N) is 1. The zero-order valence-corrected chi connectivity index (χ0v) is 11.2. The Kier molecular flexibility index (Phi) is 4.83. The summed E-state index contributed by atoms with van der Waals surface area (Å²) in [5, 5.41) is 0. The smallest absolute Gasteiger partial charge is 0.241 e. The van der Waals surface area contributed by atoms with E-state index in [1.165, 1.54) is 11.0 Å². The van der Waals surface area contributed by atoms with Crippen molar-refractivity contribution in [1.29, 1.82) is 0 Å². The minimum atomic E-state index is -3.71. The lowest BCUT2D eigenvalue weighted by atomic mass is 10.2. The van der Waals surface area contributed by atoms with Crippen molar-refractivity contribution < 1.29 is 13.2 Å². The highest BCUT2D eigenvalue weighted by molar-refractivity contribution is 7.89. The zero-order chi connectivity index (χ0) is 13.8. The second kappa shape index (κ2) is 5.94. The quantitative estimate of drug-likeness (QED) is 0.756. The van der Waals surface area contributed by atoms with E-state index >= 15 is 0 Å². The van der Waals surface area contributed by atoms with E-state index in [1.54, 1.807) is 32.3 Å². The van der Waals surface area contributed by atoms with Crippen LogP contribution in [-0.2, 0) is 21.4 Å². The van der Waals surface area contributed by atoms with Crippen molar-refractivity contribution in [3.63, 3.8) is 0 Å². The minimum absolute atomic E-state index is 0.110. The maximum atomic E-state index is 12.0. The van der Waals surface area contributed by atoms with Crippen molar-refractivity contribution in [3.8, 4) is 0 Å². The van der Waals surface area contributed by atoms with Crippen LogP contribution in [0.5, 0.6) is 0 Å². The predicted molar refractivity (Wildman–Crippen MR) is 68.2 cm³/mol. The molecule has 1 aromatic rings. The number of nitrogens with two attached hydrogens (primary N) is 1. The van der Waals surface area contributed by atoms with Crippen molar-refractivity contribution in [2.75, 3.05) is 20.6 Å².